The van der Waals surface area contributed by atoms with Crippen LogP contribution >= 0.6 is 0 Å². The Hall–Kier alpha value is -1.84. The van der Waals surface area contributed by atoms with Gasteiger partial charge in [-0.2, -0.15) is 0 Å². The number of rotatable bonds is 4. The molecule has 0 radical (unpaired) electrons. The van der Waals surface area contributed by atoms with Gasteiger partial charge in [0, 0.05) is 30.1 Å². The van der Waals surface area contributed by atoms with Crippen molar-refractivity contribution in [1.29, 1.82) is 0 Å². The highest BCUT2D eigenvalue weighted by Crippen LogP contribution is 2.46. The summed E-state index contributed by atoms with van der Waals surface area (Å²) in [6.07, 6.45) is 3.99. The predicted molar refractivity (Wildman–Crippen MR) is 109 cm³/mol. The molecule has 4 aliphatic heterocycles. The highest BCUT2D eigenvalue weighted by atomic mass is 16.5. The van der Waals surface area contributed by atoms with Crippen LogP contribution in [0.2, 0.25) is 0 Å². The Morgan fingerprint density at radius 2 is 1.59 bits per heavy atom. The number of ether oxygens (including phenoxy) is 1. The molecule has 2 bridgehead atoms. The van der Waals surface area contributed by atoms with E-state index in [0.29, 0.717) is 18.0 Å². The normalized spacial score (nSPS) is 32.9. The Kier molecular flexibility index (Phi) is 4.66. The van der Waals surface area contributed by atoms with Crippen LogP contribution in [0.5, 0.6) is 5.75 Å². The van der Waals surface area contributed by atoms with Crippen LogP contribution in [0.3, 0.4) is 0 Å². The lowest BCUT2D eigenvalue weighted by Gasteiger charge is -2.59. The summed E-state index contributed by atoms with van der Waals surface area (Å²) < 4.78 is 5.64. The van der Waals surface area contributed by atoms with E-state index in [9.17, 15) is 0 Å². The summed E-state index contributed by atoms with van der Waals surface area (Å²) in [5, 5.41) is 0. The molecule has 0 aromatic heterocycles. The lowest BCUT2D eigenvalue weighted by Crippen LogP contribution is -2.67. The van der Waals surface area contributed by atoms with E-state index >= 15 is 0 Å². The van der Waals surface area contributed by atoms with Crippen LogP contribution in [0.4, 0.5) is 0 Å². The van der Waals surface area contributed by atoms with Crippen LogP contribution in [-0.4, -0.2) is 48.6 Å². The highest BCUT2D eigenvalue weighted by molar-refractivity contribution is 5.33. The average molecular weight is 363 g/mol. The van der Waals surface area contributed by atoms with Gasteiger partial charge in [-0.05, 0) is 56.4 Å². The Morgan fingerprint density at radius 3 is 2.37 bits per heavy atom. The maximum Gasteiger partial charge on any atom is 0.123 e. The van der Waals surface area contributed by atoms with Crippen LogP contribution < -0.4 is 4.74 Å². The fourth-order valence-corrected chi connectivity index (χ4v) is 5.99. The third-order valence-corrected chi connectivity index (χ3v) is 7.18. The third kappa shape index (κ3) is 3.07. The largest absolute Gasteiger partial charge is 0.496 e. The van der Waals surface area contributed by atoms with Gasteiger partial charge in [0.15, 0.2) is 0 Å². The molecule has 4 fully saturated rings. The number of likely N-dealkylation sites (tertiary alicyclic amines) is 1. The standard InChI is InChI=1S/C24H30N2O/c1-27-22-10-6-5-9-20(22)17-26-16-13-21(18-7-3-2-4-8-18)24-23(26)19-11-14-25(24)15-12-19/h2-10,19,21,23-24H,11-17H2,1H3/t21-,23-,24-/m0/s1. The Morgan fingerprint density at radius 1 is 0.852 bits per heavy atom. The van der Waals surface area contributed by atoms with Crippen molar-refractivity contribution in [2.24, 2.45) is 5.92 Å². The predicted octanol–water partition coefficient (Wildman–Crippen LogP) is 4.15. The van der Waals surface area contributed by atoms with Crippen molar-refractivity contribution < 1.29 is 4.74 Å². The molecule has 2 aromatic carbocycles. The zero-order chi connectivity index (χ0) is 18.2. The molecule has 0 unspecified atom stereocenters. The van der Waals surface area contributed by atoms with Crippen LogP contribution in [-0.2, 0) is 6.54 Å². The minimum Gasteiger partial charge on any atom is -0.496 e. The van der Waals surface area contributed by atoms with Crippen molar-refractivity contribution in [2.75, 3.05) is 26.7 Å². The van der Waals surface area contributed by atoms with Crippen LogP contribution in [0.25, 0.3) is 0 Å². The molecule has 0 N–H and O–H groups in total. The highest BCUT2D eigenvalue weighted by Gasteiger charge is 2.50. The molecule has 0 saturated carbocycles. The van der Waals surface area contributed by atoms with E-state index in [-0.39, 0.29) is 0 Å². The van der Waals surface area contributed by atoms with Gasteiger partial charge in [-0.15, -0.1) is 0 Å². The van der Waals surface area contributed by atoms with Gasteiger partial charge in [-0.25, -0.2) is 0 Å². The molecule has 142 valence electrons. The smallest absolute Gasteiger partial charge is 0.123 e. The summed E-state index contributed by atoms with van der Waals surface area (Å²) in [6.45, 7) is 4.77. The van der Waals surface area contributed by atoms with Crippen LogP contribution in [0, 0.1) is 5.92 Å². The van der Waals surface area contributed by atoms with Gasteiger partial charge < -0.3 is 4.74 Å². The molecule has 4 heterocycles. The van der Waals surface area contributed by atoms with Gasteiger partial charge in [0.05, 0.1) is 7.11 Å². The fraction of sp³-hybridized carbons (Fsp3) is 0.500. The lowest BCUT2D eigenvalue weighted by molar-refractivity contribution is -0.0808. The molecule has 0 spiro atoms. The van der Waals surface area contributed by atoms with Crippen molar-refractivity contribution in [3.8, 4) is 5.75 Å². The number of benzene rings is 2. The van der Waals surface area contributed by atoms with E-state index in [1.807, 2.05) is 0 Å². The summed E-state index contributed by atoms with van der Waals surface area (Å²) in [5.41, 5.74) is 2.87. The van der Waals surface area contributed by atoms with Gasteiger partial charge in [-0.3, -0.25) is 9.80 Å². The molecule has 3 atom stereocenters. The second kappa shape index (κ2) is 7.29. The average Bonchev–Trinajstić information content (AvgIpc) is 2.75. The second-order valence-electron chi connectivity index (χ2n) is 8.44. The number of para-hydroxylation sites is 1. The van der Waals surface area contributed by atoms with Crippen molar-refractivity contribution in [1.82, 2.24) is 9.80 Å². The quantitative estimate of drug-likeness (QED) is 0.813. The van der Waals surface area contributed by atoms with E-state index < -0.39 is 0 Å². The van der Waals surface area contributed by atoms with E-state index in [2.05, 4.69) is 64.4 Å². The SMILES string of the molecule is COc1ccccc1CN1CC[C@@H](c2ccccc2)[C@H]2[C@@H]1C1CCN2CC1. The maximum atomic E-state index is 5.64. The number of fused-ring (bicyclic) bond motifs is 2. The number of hydrogen-bond donors (Lipinski definition) is 0. The molecular weight excluding hydrogens is 332 g/mol. The summed E-state index contributed by atoms with van der Waals surface area (Å²) >= 11 is 0. The Balaban J connectivity index is 1.46. The van der Waals surface area contributed by atoms with E-state index in [0.717, 1.165) is 18.2 Å². The first kappa shape index (κ1) is 17.3. The molecule has 2 aromatic rings. The first-order chi connectivity index (χ1) is 13.3. The molecule has 3 nitrogen and oxygen atoms in total. The van der Waals surface area contributed by atoms with Crippen LogP contribution in [0.1, 0.15) is 36.3 Å². The number of methoxy groups -OCH3 is 1. The molecular formula is C24H30N2O. The monoisotopic (exact) mass is 362 g/mol. The number of piperidine rings is 4. The van der Waals surface area contributed by atoms with Crippen molar-refractivity contribution in [3.05, 3.63) is 65.7 Å². The van der Waals surface area contributed by atoms with Crippen molar-refractivity contribution in [3.63, 3.8) is 0 Å². The lowest BCUT2D eigenvalue weighted by atomic mass is 9.68. The van der Waals surface area contributed by atoms with Gasteiger partial charge in [0.1, 0.15) is 5.75 Å². The number of nitrogens with zero attached hydrogens (tertiary/aromatic N) is 2. The molecule has 6 rings (SSSR count). The summed E-state index contributed by atoms with van der Waals surface area (Å²) in [6, 6.07) is 21.2. The van der Waals surface area contributed by atoms with E-state index in [1.54, 1.807) is 7.11 Å². The van der Waals surface area contributed by atoms with Gasteiger partial charge in [-0.1, -0.05) is 48.5 Å². The Labute approximate surface area is 162 Å². The summed E-state index contributed by atoms with van der Waals surface area (Å²) in [5.74, 6) is 2.55. The van der Waals surface area contributed by atoms with Gasteiger partial charge in [0.25, 0.3) is 0 Å². The van der Waals surface area contributed by atoms with Gasteiger partial charge >= 0.3 is 0 Å². The minimum absolute atomic E-state index is 0.670. The zero-order valence-corrected chi connectivity index (χ0v) is 16.3. The minimum atomic E-state index is 0.670. The van der Waals surface area contributed by atoms with E-state index in [1.165, 1.54) is 50.0 Å². The first-order valence-corrected chi connectivity index (χ1v) is 10.5. The molecule has 27 heavy (non-hydrogen) atoms. The van der Waals surface area contributed by atoms with Crippen molar-refractivity contribution >= 4 is 0 Å². The van der Waals surface area contributed by atoms with Crippen LogP contribution in [0.15, 0.2) is 54.6 Å². The fourth-order valence-electron chi connectivity index (χ4n) is 5.99. The zero-order valence-electron chi connectivity index (χ0n) is 16.3. The summed E-state index contributed by atoms with van der Waals surface area (Å²) in [4.78, 5) is 5.58. The van der Waals surface area contributed by atoms with Gasteiger partial charge in [0.2, 0.25) is 0 Å². The molecule has 4 aliphatic rings. The third-order valence-electron chi connectivity index (χ3n) is 7.18. The summed E-state index contributed by atoms with van der Waals surface area (Å²) in [7, 11) is 1.79. The maximum absolute atomic E-state index is 5.64. The molecule has 0 amide bonds. The molecule has 0 aliphatic carbocycles. The van der Waals surface area contributed by atoms with E-state index in [4.69, 9.17) is 4.74 Å². The van der Waals surface area contributed by atoms with Crippen molar-refractivity contribution in [2.45, 2.75) is 43.8 Å². The second-order valence-corrected chi connectivity index (χ2v) is 8.44. The molecule has 3 heteroatoms. The topological polar surface area (TPSA) is 15.7 Å². The number of hydrogen-bond acceptors (Lipinski definition) is 3. The first-order valence-electron chi connectivity index (χ1n) is 10.5. The Bertz CT molecular complexity index is 769. The molecule has 4 saturated heterocycles.